The van der Waals surface area contributed by atoms with Gasteiger partial charge in [0.1, 0.15) is 12.6 Å². The van der Waals surface area contributed by atoms with Gasteiger partial charge >= 0.3 is 0 Å². The minimum absolute atomic E-state index is 0.180. The monoisotopic (exact) mass is 493 g/mol. The molecule has 9 heteroatoms. The minimum Gasteiger partial charge on any atom is -0.354 e. The molecule has 0 saturated heterocycles. The van der Waals surface area contributed by atoms with Crippen molar-refractivity contribution < 1.29 is 18.0 Å². The highest BCUT2D eigenvalue weighted by molar-refractivity contribution is 7.92. The van der Waals surface area contributed by atoms with Crippen LogP contribution in [0.5, 0.6) is 0 Å². The summed E-state index contributed by atoms with van der Waals surface area (Å²) in [5, 5.41) is 3.31. The van der Waals surface area contributed by atoms with Crippen molar-refractivity contribution in [3.05, 3.63) is 64.7 Å². The van der Waals surface area contributed by atoms with Crippen LogP contribution in [0.15, 0.2) is 48.5 Å². The molecule has 1 atom stereocenters. The van der Waals surface area contributed by atoms with E-state index in [0.717, 1.165) is 34.5 Å². The van der Waals surface area contributed by atoms with Crippen molar-refractivity contribution in [3.8, 4) is 0 Å². The maximum Gasteiger partial charge on any atom is 0.244 e. The van der Waals surface area contributed by atoms with Crippen molar-refractivity contribution in [1.29, 1.82) is 0 Å². The molecule has 0 aliphatic rings. The zero-order valence-electron chi connectivity index (χ0n) is 19.5. The first-order chi connectivity index (χ1) is 15.5. The summed E-state index contributed by atoms with van der Waals surface area (Å²) in [6, 6.07) is 13.1. The van der Waals surface area contributed by atoms with E-state index in [9.17, 15) is 18.0 Å². The highest BCUT2D eigenvalue weighted by Crippen LogP contribution is 2.21. The Hall–Kier alpha value is -2.58. The van der Waals surface area contributed by atoms with E-state index in [1.54, 1.807) is 31.2 Å². The molecule has 0 aliphatic carbocycles. The first-order valence-electron chi connectivity index (χ1n) is 10.9. The van der Waals surface area contributed by atoms with Gasteiger partial charge in [0.25, 0.3) is 0 Å². The summed E-state index contributed by atoms with van der Waals surface area (Å²) < 4.78 is 26.0. The quantitative estimate of drug-likeness (QED) is 0.483. The zero-order chi connectivity index (χ0) is 24.6. The Bertz CT molecular complexity index is 1040. The molecule has 0 heterocycles. The van der Waals surface area contributed by atoms with Gasteiger partial charge in [0.15, 0.2) is 0 Å². The number of unbranched alkanes of at least 4 members (excludes halogenated alkanes) is 1. The number of hydrogen-bond acceptors (Lipinski definition) is 4. The average Bonchev–Trinajstić information content (AvgIpc) is 2.76. The zero-order valence-corrected chi connectivity index (χ0v) is 21.1. The third-order valence-electron chi connectivity index (χ3n) is 5.26. The fraction of sp³-hybridized carbons (Fsp3) is 0.417. The topological polar surface area (TPSA) is 86.8 Å². The maximum absolute atomic E-state index is 13.4. The second-order valence-electron chi connectivity index (χ2n) is 8.07. The van der Waals surface area contributed by atoms with Crippen LogP contribution in [0.1, 0.15) is 37.8 Å². The summed E-state index contributed by atoms with van der Waals surface area (Å²) in [5.74, 6) is -0.754. The number of rotatable bonds is 11. The van der Waals surface area contributed by atoms with Crippen molar-refractivity contribution in [2.75, 3.05) is 23.7 Å². The van der Waals surface area contributed by atoms with E-state index in [-0.39, 0.29) is 12.5 Å². The molecular formula is C24H32ClN3O4S. The lowest BCUT2D eigenvalue weighted by atomic mass is 10.1. The number of anilines is 1. The lowest BCUT2D eigenvalue weighted by molar-refractivity contribution is -0.139. The first kappa shape index (κ1) is 26.7. The van der Waals surface area contributed by atoms with Crippen molar-refractivity contribution in [3.63, 3.8) is 0 Å². The van der Waals surface area contributed by atoms with Crippen LogP contribution in [-0.2, 0) is 26.2 Å². The standard InChI is InChI=1S/C24H32ClN3O4S/c1-5-6-15-26-24(30)19(3)27(16-20-9-7-18(2)8-10-20)23(29)17-28(33(4,31)32)22-13-11-21(25)12-14-22/h7-14,19H,5-6,15-17H2,1-4H3,(H,26,30)/t19-/m1/s1. The normalized spacial score (nSPS) is 12.2. The highest BCUT2D eigenvalue weighted by Gasteiger charge is 2.29. The van der Waals surface area contributed by atoms with Gasteiger partial charge in [-0.25, -0.2) is 8.42 Å². The molecule has 7 nitrogen and oxygen atoms in total. The third-order valence-corrected chi connectivity index (χ3v) is 6.66. The SMILES string of the molecule is CCCCNC(=O)[C@@H](C)N(Cc1ccc(C)cc1)C(=O)CN(c1ccc(Cl)cc1)S(C)(=O)=O. The van der Waals surface area contributed by atoms with Gasteiger partial charge in [0, 0.05) is 18.1 Å². The smallest absolute Gasteiger partial charge is 0.244 e. The van der Waals surface area contributed by atoms with Crippen LogP contribution >= 0.6 is 11.6 Å². The molecule has 0 saturated carbocycles. The number of carbonyl (C=O) groups excluding carboxylic acids is 2. The Morgan fingerprint density at radius 3 is 2.21 bits per heavy atom. The summed E-state index contributed by atoms with van der Waals surface area (Å²) in [6.45, 7) is 5.91. The Labute approximate surface area is 201 Å². The summed E-state index contributed by atoms with van der Waals surface area (Å²) in [7, 11) is -3.76. The molecular weight excluding hydrogens is 462 g/mol. The van der Waals surface area contributed by atoms with Gasteiger partial charge in [0.2, 0.25) is 21.8 Å². The Kier molecular flexibility index (Phi) is 9.73. The number of halogens is 1. The van der Waals surface area contributed by atoms with Crippen LogP contribution in [0.2, 0.25) is 5.02 Å². The number of hydrogen-bond donors (Lipinski definition) is 1. The van der Waals surface area contributed by atoms with Gasteiger partial charge in [-0.3, -0.25) is 13.9 Å². The molecule has 0 fully saturated rings. The van der Waals surface area contributed by atoms with Crippen LogP contribution < -0.4 is 9.62 Å². The Morgan fingerprint density at radius 1 is 1.06 bits per heavy atom. The van der Waals surface area contributed by atoms with E-state index < -0.39 is 28.5 Å². The molecule has 0 spiro atoms. The van der Waals surface area contributed by atoms with Gasteiger partial charge in [-0.15, -0.1) is 0 Å². The molecule has 180 valence electrons. The fourth-order valence-electron chi connectivity index (χ4n) is 3.23. The van der Waals surface area contributed by atoms with Crippen molar-refractivity contribution in [2.45, 2.75) is 46.2 Å². The van der Waals surface area contributed by atoms with E-state index >= 15 is 0 Å². The lowest BCUT2D eigenvalue weighted by Gasteiger charge is -2.31. The van der Waals surface area contributed by atoms with Gasteiger partial charge in [0.05, 0.1) is 11.9 Å². The van der Waals surface area contributed by atoms with Crippen molar-refractivity contribution in [1.82, 2.24) is 10.2 Å². The van der Waals surface area contributed by atoms with Crippen LogP contribution in [-0.4, -0.2) is 50.5 Å². The van der Waals surface area contributed by atoms with Gasteiger partial charge in [-0.05, 0) is 50.1 Å². The number of nitrogens with zero attached hydrogens (tertiary/aromatic N) is 2. The summed E-state index contributed by atoms with van der Waals surface area (Å²) in [5.41, 5.74) is 2.25. The van der Waals surface area contributed by atoms with Gasteiger partial charge in [-0.2, -0.15) is 0 Å². The molecule has 33 heavy (non-hydrogen) atoms. The predicted octanol–water partition coefficient (Wildman–Crippen LogP) is 3.75. The molecule has 0 bridgehead atoms. The molecule has 2 rings (SSSR count). The largest absolute Gasteiger partial charge is 0.354 e. The molecule has 1 N–H and O–H groups in total. The minimum atomic E-state index is -3.76. The molecule has 2 aromatic carbocycles. The maximum atomic E-state index is 13.4. The van der Waals surface area contributed by atoms with Crippen LogP contribution in [0.4, 0.5) is 5.69 Å². The third kappa shape index (κ3) is 8.05. The number of amides is 2. The Balaban J connectivity index is 2.32. The molecule has 0 aliphatic heterocycles. The Morgan fingerprint density at radius 2 is 1.67 bits per heavy atom. The number of sulfonamides is 1. The second-order valence-corrected chi connectivity index (χ2v) is 10.4. The summed E-state index contributed by atoms with van der Waals surface area (Å²) in [6.07, 6.45) is 2.81. The first-order valence-corrected chi connectivity index (χ1v) is 13.1. The molecule has 2 aromatic rings. The van der Waals surface area contributed by atoms with Crippen LogP contribution in [0.25, 0.3) is 0 Å². The molecule has 0 aromatic heterocycles. The number of carbonyl (C=O) groups is 2. The summed E-state index contributed by atoms with van der Waals surface area (Å²) in [4.78, 5) is 27.6. The molecule has 0 unspecified atom stereocenters. The summed E-state index contributed by atoms with van der Waals surface area (Å²) >= 11 is 5.93. The van der Waals surface area contributed by atoms with E-state index in [2.05, 4.69) is 5.32 Å². The molecule has 0 radical (unpaired) electrons. The number of aryl methyl sites for hydroxylation is 1. The van der Waals surface area contributed by atoms with Gasteiger partial charge < -0.3 is 10.2 Å². The predicted molar refractivity (Wildman–Crippen MR) is 133 cm³/mol. The van der Waals surface area contributed by atoms with E-state index in [1.165, 1.54) is 4.90 Å². The lowest BCUT2D eigenvalue weighted by Crippen LogP contribution is -2.51. The average molecular weight is 494 g/mol. The van der Waals surface area contributed by atoms with Crippen LogP contribution in [0, 0.1) is 6.92 Å². The van der Waals surface area contributed by atoms with Gasteiger partial charge in [-0.1, -0.05) is 54.8 Å². The molecule has 2 amide bonds. The highest BCUT2D eigenvalue weighted by atomic mass is 35.5. The van der Waals surface area contributed by atoms with Crippen molar-refractivity contribution in [2.24, 2.45) is 0 Å². The van der Waals surface area contributed by atoms with Crippen molar-refractivity contribution >= 4 is 39.1 Å². The number of benzene rings is 2. The van der Waals surface area contributed by atoms with Crippen LogP contribution in [0.3, 0.4) is 0 Å². The van der Waals surface area contributed by atoms with E-state index in [0.29, 0.717) is 17.3 Å². The number of nitrogens with one attached hydrogen (secondary N) is 1. The van der Waals surface area contributed by atoms with E-state index in [4.69, 9.17) is 11.6 Å². The fourth-order valence-corrected chi connectivity index (χ4v) is 4.21. The van der Waals surface area contributed by atoms with E-state index in [1.807, 2.05) is 38.1 Å². The second kappa shape index (κ2) is 12.0.